The van der Waals surface area contributed by atoms with Gasteiger partial charge in [0.15, 0.2) is 11.4 Å². The number of rotatable bonds is 5. The third-order valence-corrected chi connectivity index (χ3v) is 6.41. The Balaban J connectivity index is 1.62. The molecule has 2 aromatic carbocycles. The molecule has 9 heteroatoms. The van der Waals surface area contributed by atoms with Gasteiger partial charge in [0.25, 0.3) is 11.5 Å². The number of aryl methyl sites for hydroxylation is 1. The first-order valence-electron chi connectivity index (χ1n) is 11.0. The lowest BCUT2D eigenvalue weighted by Crippen LogP contribution is -2.43. The summed E-state index contributed by atoms with van der Waals surface area (Å²) < 4.78 is 22.5. The highest BCUT2D eigenvalue weighted by Crippen LogP contribution is 2.27. The zero-order valence-corrected chi connectivity index (χ0v) is 19.6. The molecule has 0 atom stereocenters. The van der Waals surface area contributed by atoms with Crippen LogP contribution in [0.25, 0.3) is 10.9 Å². The Bertz CT molecular complexity index is 1580. The Morgan fingerprint density at radius 2 is 1.77 bits per heavy atom. The van der Waals surface area contributed by atoms with Gasteiger partial charge in [-0.25, -0.2) is 4.39 Å². The number of pyridine rings is 2. The first-order valence-corrected chi connectivity index (χ1v) is 11.4. The van der Waals surface area contributed by atoms with Crippen LogP contribution in [-0.4, -0.2) is 26.5 Å². The van der Waals surface area contributed by atoms with E-state index in [1.165, 1.54) is 27.8 Å². The van der Waals surface area contributed by atoms with Crippen LogP contribution in [0.1, 0.15) is 21.6 Å². The van der Waals surface area contributed by atoms with E-state index in [1.54, 1.807) is 23.7 Å². The van der Waals surface area contributed by atoms with E-state index in [-0.39, 0.29) is 59.2 Å². The van der Waals surface area contributed by atoms with Crippen molar-refractivity contribution in [3.8, 4) is 5.75 Å². The van der Waals surface area contributed by atoms with Crippen LogP contribution in [0.3, 0.4) is 0 Å². The molecule has 0 aliphatic carbocycles. The molecule has 0 saturated heterocycles. The zero-order valence-electron chi connectivity index (χ0n) is 18.8. The number of fused-ring (bicyclic) bond motifs is 3. The molecule has 1 amide bonds. The minimum atomic E-state index is -0.545. The molecule has 35 heavy (non-hydrogen) atoms. The van der Waals surface area contributed by atoms with Crippen LogP contribution in [0.2, 0.25) is 5.02 Å². The molecule has 0 bridgehead atoms. The predicted octanol–water partition coefficient (Wildman–Crippen LogP) is 3.73. The summed E-state index contributed by atoms with van der Waals surface area (Å²) in [5.41, 5.74) is 0.780. The minimum Gasteiger partial charge on any atom is -0.483 e. The van der Waals surface area contributed by atoms with Crippen LogP contribution < -0.4 is 15.7 Å². The summed E-state index contributed by atoms with van der Waals surface area (Å²) in [5.74, 6) is -1.10. The molecule has 5 rings (SSSR count). The minimum absolute atomic E-state index is 0.0289. The van der Waals surface area contributed by atoms with Crippen LogP contribution in [0, 0.1) is 5.82 Å². The second-order valence-electron chi connectivity index (χ2n) is 8.40. The van der Waals surface area contributed by atoms with E-state index in [0.29, 0.717) is 5.56 Å². The van der Waals surface area contributed by atoms with Crippen LogP contribution in [-0.2, 0) is 26.7 Å². The lowest BCUT2D eigenvalue weighted by atomic mass is 10.1. The van der Waals surface area contributed by atoms with Gasteiger partial charge in [0.2, 0.25) is 5.43 Å². The molecular weight excluding hydrogens is 473 g/mol. The van der Waals surface area contributed by atoms with E-state index in [0.717, 1.165) is 5.56 Å². The van der Waals surface area contributed by atoms with Crippen molar-refractivity contribution in [2.24, 2.45) is 7.05 Å². The van der Waals surface area contributed by atoms with Gasteiger partial charge in [-0.15, -0.1) is 0 Å². The number of nitrogens with zero attached hydrogens (tertiary/aromatic N) is 3. The zero-order chi connectivity index (χ0) is 24.7. The van der Waals surface area contributed by atoms with E-state index in [9.17, 15) is 18.8 Å². The van der Waals surface area contributed by atoms with Gasteiger partial charge < -0.3 is 18.8 Å². The number of ether oxygens (including phenoxy) is 1. The Kier molecular flexibility index (Phi) is 5.90. The van der Waals surface area contributed by atoms with E-state index >= 15 is 0 Å². The Labute approximate surface area is 204 Å². The summed E-state index contributed by atoms with van der Waals surface area (Å²) in [7, 11) is 1.59. The smallest absolute Gasteiger partial charge is 0.274 e. The summed E-state index contributed by atoms with van der Waals surface area (Å²) >= 11 is 5.91. The summed E-state index contributed by atoms with van der Waals surface area (Å²) in [6.45, 7) is 0.818. The molecule has 7 nitrogen and oxygen atoms in total. The summed E-state index contributed by atoms with van der Waals surface area (Å²) in [6, 6.07) is 15.1. The van der Waals surface area contributed by atoms with Crippen molar-refractivity contribution >= 4 is 28.4 Å². The highest BCUT2D eigenvalue weighted by atomic mass is 35.5. The first kappa shape index (κ1) is 22.9. The average molecular weight is 494 g/mol. The van der Waals surface area contributed by atoms with E-state index in [4.69, 9.17) is 16.3 Å². The number of hydrogen-bond acceptors (Lipinski definition) is 4. The number of hydrogen-bond donors (Lipinski definition) is 0. The molecule has 0 fully saturated rings. The number of carbonyl (C=O) groups is 1. The molecule has 178 valence electrons. The number of amides is 1. The van der Waals surface area contributed by atoms with Crippen LogP contribution in [0.4, 0.5) is 4.39 Å². The second-order valence-corrected chi connectivity index (χ2v) is 8.81. The van der Waals surface area contributed by atoms with Crippen molar-refractivity contribution in [1.82, 2.24) is 14.0 Å². The fraction of sp³-hybridized carbons (Fsp3) is 0.192. The van der Waals surface area contributed by atoms with Crippen LogP contribution in [0.5, 0.6) is 5.75 Å². The van der Waals surface area contributed by atoms with Gasteiger partial charge in [0.05, 0.1) is 10.4 Å². The Morgan fingerprint density at radius 1 is 1.00 bits per heavy atom. The van der Waals surface area contributed by atoms with Gasteiger partial charge >= 0.3 is 0 Å². The molecule has 0 spiro atoms. The van der Waals surface area contributed by atoms with Crippen molar-refractivity contribution in [1.29, 1.82) is 0 Å². The summed E-state index contributed by atoms with van der Waals surface area (Å²) in [6.07, 6.45) is 1.52. The third-order valence-electron chi connectivity index (χ3n) is 6.12. The SMILES string of the molecule is Cn1ccc2c(=O)c(OCc3ccccc3)c3n(c2c1=O)CCN(Cc1ccc(F)c(Cl)c1)C3=O. The van der Waals surface area contributed by atoms with Gasteiger partial charge in [-0.05, 0) is 29.3 Å². The molecular formula is C26H21ClFN3O4. The molecule has 3 heterocycles. The third kappa shape index (κ3) is 4.10. The monoisotopic (exact) mass is 493 g/mol. The van der Waals surface area contributed by atoms with Crippen molar-refractivity contribution in [2.45, 2.75) is 19.7 Å². The van der Waals surface area contributed by atoms with Gasteiger partial charge in [0.1, 0.15) is 17.9 Å². The number of benzene rings is 2. The molecule has 0 N–H and O–H groups in total. The lowest BCUT2D eigenvalue weighted by molar-refractivity contribution is 0.0683. The molecule has 1 aliphatic rings. The van der Waals surface area contributed by atoms with Gasteiger partial charge in [-0.2, -0.15) is 0 Å². The summed E-state index contributed by atoms with van der Waals surface area (Å²) in [4.78, 5) is 41.6. The maximum Gasteiger partial charge on any atom is 0.274 e. The van der Waals surface area contributed by atoms with Crippen molar-refractivity contribution in [3.63, 3.8) is 0 Å². The largest absolute Gasteiger partial charge is 0.483 e. The number of carbonyl (C=O) groups excluding carboxylic acids is 1. The van der Waals surface area contributed by atoms with Gasteiger partial charge in [-0.1, -0.05) is 48.0 Å². The highest BCUT2D eigenvalue weighted by Gasteiger charge is 2.32. The number of aromatic nitrogens is 2. The van der Waals surface area contributed by atoms with E-state index in [2.05, 4.69) is 0 Å². The molecule has 1 aliphatic heterocycles. The number of halogens is 2. The van der Waals surface area contributed by atoms with Crippen LogP contribution >= 0.6 is 11.6 Å². The second kappa shape index (κ2) is 9.03. The maximum atomic E-state index is 13.7. The van der Waals surface area contributed by atoms with Gasteiger partial charge in [-0.3, -0.25) is 14.4 Å². The Morgan fingerprint density at radius 3 is 2.51 bits per heavy atom. The molecule has 0 saturated carbocycles. The first-order chi connectivity index (χ1) is 16.8. The quantitative estimate of drug-likeness (QED) is 0.424. The highest BCUT2D eigenvalue weighted by molar-refractivity contribution is 6.30. The lowest BCUT2D eigenvalue weighted by Gasteiger charge is -2.32. The maximum absolute atomic E-state index is 13.7. The van der Waals surface area contributed by atoms with E-state index in [1.807, 2.05) is 30.3 Å². The molecule has 0 unspecified atom stereocenters. The van der Waals surface area contributed by atoms with E-state index < -0.39 is 17.2 Å². The van der Waals surface area contributed by atoms with Gasteiger partial charge in [0, 0.05) is 32.9 Å². The van der Waals surface area contributed by atoms with Crippen molar-refractivity contribution in [2.75, 3.05) is 6.54 Å². The normalized spacial score (nSPS) is 13.2. The van der Waals surface area contributed by atoms with Crippen molar-refractivity contribution in [3.05, 3.63) is 109 Å². The predicted molar refractivity (Wildman–Crippen MR) is 130 cm³/mol. The average Bonchev–Trinajstić information content (AvgIpc) is 2.85. The fourth-order valence-corrected chi connectivity index (χ4v) is 4.51. The topological polar surface area (TPSA) is 73.5 Å². The molecule has 4 aromatic rings. The summed E-state index contributed by atoms with van der Waals surface area (Å²) in [5, 5.41) is 0.163. The Hall–Kier alpha value is -3.91. The van der Waals surface area contributed by atoms with Crippen LogP contribution in [0.15, 0.2) is 70.4 Å². The van der Waals surface area contributed by atoms with Crippen molar-refractivity contribution < 1.29 is 13.9 Å². The molecule has 2 aromatic heterocycles. The fourth-order valence-electron chi connectivity index (χ4n) is 4.30. The standard InChI is InChI=1S/C26H21ClFN3O4/c1-29-10-9-18-21(25(29)33)31-12-11-30(14-17-7-8-20(28)19(27)13-17)26(34)22(31)24(23(18)32)35-15-16-5-3-2-4-6-16/h2-10,13H,11-12,14-15H2,1H3. The molecule has 0 radical (unpaired) electrons.